The van der Waals surface area contributed by atoms with Gasteiger partial charge in [0.15, 0.2) is 5.16 Å². The lowest BCUT2D eigenvalue weighted by Gasteiger charge is -2.25. The van der Waals surface area contributed by atoms with Crippen molar-refractivity contribution in [3.8, 4) is 0 Å². The van der Waals surface area contributed by atoms with Crippen molar-refractivity contribution in [2.24, 2.45) is 0 Å². The molecule has 0 saturated heterocycles. The molecular formula is C24H29N3O3S. The van der Waals surface area contributed by atoms with Crippen LogP contribution >= 0.6 is 11.8 Å². The number of fused-ring (bicyclic) bond motifs is 1. The van der Waals surface area contributed by atoms with Gasteiger partial charge in [-0.05, 0) is 38.5 Å². The van der Waals surface area contributed by atoms with E-state index >= 15 is 0 Å². The second-order valence-electron chi connectivity index (χ2n) is 7.49. The van der Waals surface area contributed by atoms with E-state index in [1.165, 1.54) is 11.8 Å². The van der Waals surface area contributed by atoms with Crippen molar-refractivity contribution in [3.05, 3.63) is 70.5 Å². The Balaban J connectivity index is 1.91. The summed E-state index contributed by atoms with van der Waals surface area (Å²) < 4.78 is 6.93. The standard InChI is InChI=1S/C24H29N3O3S/c1-5-26(15-19-11-7-6-8-12-19)22(28)18(3)31-24-25-21-14-10-9-13-20(21)23(29)27(24)17(2)16-30-4/h6-14,17-18H,5,15-16H2,1-4H3/t17-,18+/m0/s1. The number of carbonyl (C=O) groups is 1. The molecule has 0 saturated carbocycles. The Morgan fingerprint density at radius 1 is 1.13 bits per heavy atom. The number of amides is 1. The van der Waals surface area contributed by atoms with Gasteiger partial charge in [-0.1, -0.05) is 54.2 Å². The monoisotopic (exact) mass is 439 g/mol. The van der Waals surface area contributed by atoms with E-state index in [4.69, 9.17) is 9.72 Å². The third kappa shape index (κ3) is 5.35. The lowest BCUT2D eigenvalue weighted by Crippen LogP contribution is -2.36. The molecule has 0 aliphatic carbocycles. The zero-order valence-electron chi connectivity index (χ0n) is 18.4. The van der Waals surface area contributed by atoms with Crippen molar-refractivity contribution in [3.63, 3.8) is 0 Å². The molecule has 3 rings (SSSR count). The highest BCUT2D eigenvalue weighted by Crippen LogP contribution is 2.26. The second-order valence-corrected chi connectivity index (χ2v) is 8.80. The van der Waals surface area contributed by atoms with Crippen LogP contribution in [0.25, 0.3) is 10.9 Å². The predicted molar refractivity (Wildman–Crippen MR) is 125 cm³/mol. The molecule has 0 radical (unpaired) electrons. The largest absolute Gasteiger partial charge is 0.383 e. The number of rotatable bonds is 9. The van der Waals surface area contributed by atoms with Gasteiger partial charge in [-0.3, -0.25) is 14.2 Å². The highest BCUT2D eigenvalue weighted by molar-refractivity contribution is 8.00. The van der Waals surface area contributed by atoms with Crippen molar-refractivity contribution in [2.45, 2.75) is 43.8 Å². The summed E-state index contributed by atoms with van der Waals surface area (Å²) in [4.78, 5) is 33.0. The molecule has 2 atom stereocenters. The van der Waals surface area contributed by atoms with Crippen molar-refractivity contribution in [2.75, 3.05) is 20.3 Å². The highest BCUT2D eigenvalue weighted by Gasteiger charge is 2.25. The van der Waals surface area contributed by atoms with Gasteiger partial charge in [0.05, 0.1) is 28.8 Å². The van der Waals surface area contributed by atoms with Crippen LogP contribution in [-0.4, -0.2) is 45.9 Å². The van der Waals surface area contributed by atoms with Crippen LogP contribution in [0.2, 0.25) is 0 Å². The van der Waals surface area contributed by atoms with Crippen molar-refractivity contribution < 1.29 is 9.53 Å². The van der Waals surface area contributed by atoms with Crippen LogP contribution in [0.5, 0.6) is 0 Å². The van der Waals surface area contributed by atoms with Crippen molar-refractivity contribution >= 4 is 28.6 Å². The number of ether oxygens (including phenoxy) is 1. The molecule has 0 aliphatic heterocycles. The summed E-state index contributed by atoms with van der Waals surface area (Å²) in [6, 6.07) is 17.0. The molecule has 0 aliphatic rings. The fourth-order valence-electron chi connectivity index (χ4n) is 3.53. The number of methoxy groups -OCH3 is 1. The third-order valence-corrected chi connectivity index (χ3v) is 6.22. The van der Waals surface area contributed by atoms with Crippen LogP contribution in [0, 0.1) is 0 Å². The van der Waals surface area contributed by atoms with E-state index in [1.54, 1.807) is 17.7 Å². The Kier molecular flexibility index (Phi) is 7.87. The summed E-state index contributed by atoms with van der Waals surface area (Å²) in [5, 5.41) is 0.704. The number of hydrogen-bond acceptors (Lipinski definition) is 5. The number of hydrogen-bond donors (Lipinski definition) is 0. The van der Waals surface area contributed by atoms with Gasteiger partial charge in [0, 0.05) is 20.2 Å². The normalized spacial score (nSPS) is 13.2. The Labute approximate surface area is 187 Å². The molecule has 0 bridgehead atoms. The van der Waals surface area contributed by atoms with Crippen LogP contribution < -0.4 is 5.56 Å². The fourth-order valence-corrected chi connectivity index (χ4v) is 4.62. The zero-order chi connectivity index (χ0) is 22.4. The summed E-state index contributed by atoms with van der Waals surface area (Å²) in [5.41, 5.74) is 1.60. The molecule has 0 fully saturated rings. The number of nitrogens with zero attached hydrogens (tertiary/aromatic N) is 3. The van der Waals surface area contributed by atoms with E-state index in [2.05, 4.69) is 0 Å². The molecule has 0 spiro atoms. The average molecular weight is 440 g/mol. The molecule has 2 aromatic carbocycles. The maximum atomic E-state index is 13.2. The summed E-state index contributed by atoms with van der Waals surface area (Å²) in [7, 11) is 1.61. The summed E-state index contributed by atoms with van der Waals surface area (Å²) in [6.07, 6.45) is 0. The first-order valence-electron chi connectivity index (χ1n) is 10.5. The van der Waals surface area contributed by atoms with Gasteiger partial charge in [-0.25, -0.2) is 4.98 Å². The maximum absolute atomic E-state index is 13.2. The van der Waals surface area contributed by atoms with E-state index in [-0.39, 0.29) is 17.5 Å². The maximum Gasteiger partial charge on any atom is 0.262 e. The highest BCUT2D eigenvalue weighted by atomic mass is 32.2. The minimum atomic E-state index is -0.391. The van der Waals surface area contributed by atoms with Crippen molar-refractivity contribution in [1.29, 1.82) is 0 Å². The topological polar surface area (TPSA) is 64.4 Å². The summed E-state index contributed by atoms with van der Waals surface area (Å²) in [5.74, 6) is 0.0182. The van der Waals surface area contributed by atoms with Gasteiger partial charge in [-0.2, -0.15) is 0 Å². The molecule has 0 N–H and O–H groups in total. The van der Waals surface area contributed by atoms with Crippen LogP contribution in [0.4, 0.5) is 0 Å². The second kappa shape index (κ2) is 10.6. The molecule has 1 amide bonds. The van der Waals surface area contributed by atoms with Crippen molar-refractivity contribution in [1.82, 2.24) is 14.5 Å². The molecule has 0 unspecified atom stereocenters. The van der Waals surface area contributed by atoms with Crippen LogP contribution in [-0.2, 0) is 16.1 Å². The van der Waals surface area contributed by atoms with E-state index in [0.29, 0.717) is 35.8 Å². The van der Waals surface area contributed by atoms with Gasteiger partial charge in [0.2, 0.25) is 5.91 Å². The van der Waals surface area contributed by atoms with E-state index in [9.17, 15) is 9.59 Å². The summed E-state index contributed by atoms with van der Waals surface area (Å²) >= 11 is 1.32. The van der Waals surface area contributed by atoms with Gasteiger partial charge >= 0.3 is 0 Å². The minimum Gasteiger partial charge on any atom is -0.383 e. The van der Waals surface area contributed by atoms with Crippen LogP contribution in [0.15, 0.2) is 64.5 Å². The molecule has 6 nitrogen and oxygen atoms in total. The summed E-state index contributed by atoms with van der Waals surface area (Å²) in [6.45, 7) is 7.31. The van der Waals surface area contributed by atoms with Gasteiger partial charge in [0.25, 0.3) is 5.56 Å². The number of benzene rings is 2. The SMILES string of the molecule is CCN(Cc1ccccc1)C(=O)[C@@H](C)Sc1nc2ccccc2c(=O)n1[C@@H](C)COC. The lowest BCUT2D eigenvalue weighted by molar-refractivity contribution is -0.130. The van der Waals surface area contributed by atoms with Gasteiger partial charge in [0.1, 0.15) is 0 Å². The van der Waals surface area contributed by atoms with E-state index < -0.39 is 5.25 Å². The third-order valence-electron chi connectivity index (χ3n) is 5.16. The van der Waals surface area contributed by atoms with E-state index in [0.717, 1.165) is 5.56 Å². The Bertz CT molecular complexity index is 1080. The Hall–Kier alpha value is -2.64. The molecule has 7 heteroatoms. The van der Waals surface area contributed by atoms with Crippen LogP contribution in [0.1, 0.15) is 32.4 Å². The fraction of sp³-hybridized carbons (Fsp3) is 0.375. The smallest absolute Gasteiger partial charge is 0.262 e. The number of aromatic nitrogens is 2. The molecule has 31 heavy (non-hydrogen) atoms. The zero-order valence-corrected chi connectivity index (χ0v) is 19.3. The molecule has 164 valence electrons. The molecular weight excluding hydrogens is 410 g/mol. The Morgan fingerprint density at radius 2 is 1.81 bits per heavy atom. The van der Waals surface area contributed by atoms with Crippen LogP contribution in [0.3, 0.4) is 0 Å². The van der Waals surface area contributed by atoms with E-state index in [1.807, 2.05) is 74.2 Å². The molecule has 1 heterocycles. The minimum absolute atomic E-state index is 0.0182. The Morgan fingerprint density at radius 3 is 2.48 bits per heavy atom. The average Bonchev–Trinajstić information content (AvgIpc) is 2.78. The molecule has 1 aromatic heterocycles. The predicted octanol–water partition coefficient (Wildman–Crippen LogP) is 4.13. The number of para-hydroxylation sites is 1. The number of thioether (sulfide) groups is 1. The quantitative estimate of drug-likeness (QED) is 0.370. The van der Waals surface area contributed by atoms with Gasteiger partial charge in [-0.15, -0.1) is 0 Å². The molecule has 3 aromatic rings. The number of carbonyl (C=O) groups excluding carboxylic acids is 1. The first-order valence-corrected chi connectivity index (χ1v) is 11.3. The first-order chi connectivity index (χ1) is 15.0. The van der Waals surface area contributed by atoms with Gasteiger partial charge < -0.3 is 9.64 Å². The lowest BCUT2D eigenvalue weighted by atomic mass is 10.2. The first kappa shape index (κ1) is 23.0.